The lowest BCUT2D eigenvalue weighted by molar-refractivity contribution is 0.101. The molecule has 104 valence electrons. The van der Waals surface area contributed by atoms with Gasteiger partial charge in [0.2, 0.25) is 0 Å². The predicted molar refractivity (Wildman–Crippen MR) is 81.3 cm³/mol. The lowest BCUT2D eigenvalue weighted by atomic mass is 10.0. The molecule has 1 aliphatic rings. The van der Waals surface area contributed by atoms with Crippen molar-refractivity contribution in [1.82, 2.24) is 4.57 Å². The van der Waals surface area contributed by atoms with E-state index in [-0.39, 0.29) is 5.91 Å². The molecule has 0 bridgehead atoms. The van der Waals surface area contributed by atoms with E-state index in [0.717, 1.165) is 31.6 Å². The highest BCUT2D eigenvalue weighted by Crippen LogP contribution is 2.25. The number of amides is 1. The Balaban J connectivity index is 1.79. The molecule has 0 fully saturated rings. The van der Waals surface area contributed by atoms with Crippen LogP contribution in [-0.2, 0) is 13.0 Å². The van der Waals surface area contributed by atoms with Gasteiger partial charge in [-0.25, -0.2) is 0 Å². The van der Waals surface area contributed by atoms with E-state index >= 15 is 0 Å². The molecule has 0 radical (unpaired) electrons. The van der Waals surface area contributed by atoms with Gasteiger partial charge in [0.1, 0.15) is 5.69 Å². The van der Waals surface area contributed by atoms with Crippen molar-refractivity contribution in [3.8, 4) is 0 Å². The van der Waals surface area contributed by atoms with Gasteiger partial charge in [-0.3, -0.25) is 4.79 Å². The van der Waals surface area contributed by atoms with E-state index in [9.17, 15) is 4.79 Å². The maximum atomic E-state index is 12.3. The Morgan fingerprint density at radius 1 is 1.40 bits per heavy atom. The monoisotopic (exact) mass is 269 g/mol. The lowest BCUT2D eigenvalue weighted by Gasteiger charge is -2.19. The molecule has 2 heterocycles. The van der Waals surface area contributed by atoms with Crippen molar-refractivity contribution in [1.29, 1.82) is 0 Å². The first-order valence-corrected chi connectivity index (χ1v) is 7.11. The maximum absolute atomic E-state index is 12.3. The molecule has 1 aromatic heterocycles. The van der Waals surface area contributed by atoms with Gasteiger partial charge in [-0.2, -0.15) is 0 Å². The molecule has 0 spiro atoms. The van der Waals surface area contributed by atoms with Gasteiger partial charge in [0.15, 0.2) is 0 Å². The van der Waals surface area contributed by atoms with Gasteiger partial charge < -0.3 is 15.2 Å². The summed E-state index contributed by atoms with van der Waals surface area (Å²) in [5, 5.41) is 6.35. The third-order valence-corrected chi connectivity index (χ3v) is 3.70. The highest BCUT2D eigenvalue weighted by atomic mass is 16.1. The number of nitrogens with one attached hydrogen (secondary N) is 2. The Morgan fingerprint density at radius 2 is 2.30 bits per heavy atom. The molecule has 0 saturated carbocycles. The summed E-state index contributed by atoms with van der Waals surface area (Å²) >= 11 is 0. The second-order valence-corrected chi connectivity index (χ2v) is 5.04. The number of aryl methyl sites for hydroxylation is 2. The molecule has 0 saturated heterocycles. The molecule has 3 rings (SSSR count). The Bertz CT molecular complexity index is 630. The minimum Gasteiger partial charge on any atom is -0.385 e. The van der Waals surface area contributed by atoms with E-state index in [1.54, 1.807) is 0 Å². The normalized spacial score (nSPS) is 13.4. The number of carbonyl (C=O) groups is 1. The van der Waals surface area contributed by atoms with Crippen LogP contribution in [0.1, 0.15) is 29.4 Å². The molecule has 1 aromatic carbocycles. The molecule has 4 nitrogen and oxygen atoms in total. The Kier molecular flexibility index (Phi) is 3.46. The SMILES string of the molecule is CCn1cccc1C(=O)Nc1ccc2c(c1)CCCN2. The number of hydrogen-bond donors (Lipinski definition) is 2. The van der Waals surface area contributed by atoms with Crippen LogP contribution in [0.15, 0.2) is 36.5 Å². The van der Waals surface area contributed by atoms with Crippen LogP contribution in [0.5, 0.6) is 0 Å². The fourth-order valence-corrected chi connectivity index (χ4v) is 2.64. The molecular weight excluding hydrogens is 250 g/mol. The van der Waals surface area contributed by atoms with Crippen LogP contribution in [0.3, 0.4) is 0 Å². The number of anilines is 2. The van der Waals surface area contributed by atoms with Crippen molar-refractivity contribution < 1.29 is 4.79 Å². The van der Waals surface area contributed by atoms with E-state index in [2.05, 4.69) is 16.7 Å². The van der Waals surface area contributed by atoms with Crippen LogP contribution in [0.2, 0.25) is 0 Å². The molecule has 0 unspecified atom stereocenters. The van der Waals surface area contributed by atoms with Crippen molar-refractivity contribution in [2.45, 2.75) is 26.3 Å². The zero-order valence-electron chi connectivity index (χ0n) is 11.6. The molecule has 0 aliphatic carbocycles. The minimum atomic E-state index is -0.0550. The van der Waals surface area contributed by atoms with Crippen LogP contribution >= 0.6 is 0 Å². The third kappa shape index (κ3) is 2.41. The summed E-state index contributed by atoms with van der Waals surface area (Å²) in [5.41, 5.74) is 4.02. The molecule has 4 heteroatoms. The van der Waals surface area contributed by atoms with Gasteiger partial charge in [-0.15, -0.1) is 0 Å². The van der Waals surface area contributed by atoms with Crippen molar-refractivity contribution in [3.05, 3.63) is 47.8 Å². The third-order valence-electron chi connectivity index (χ3n) is 3.70. The minimum absolute atomic E-state index is 0.0550. The first kappa shape index (κ1) is 12.8. The lowest BCUT2D eigenvalue weighted by Crippen LogP contribution is -2.17. The fraction of sp³-hybridized carbons (Fsp3) is 0.312. The number of benzene rings is 1. The summed E-state index contributed by atoms with van der Waals surface area (Å²) in [6.45, 7) is 3.86. The zero-order valence-corrected chi connectivity index (χ0v) is 11.6. The highest BCUT2D eigenvalue weighted by Gasteiger charge is 2.12. The van der Waals surface area contributed by atoms with E-state index in [1.165, 1.54) is 11.3 Å². The summed E-state index contributed by atoms with van der Waals surface area (Å²) in [5.74, 6) is -0.0550. The smallest absolute Gasteiger partial charge is 0.272 e. The zero-order chi connectivity index (χ0) is 13.9. The number of aromatic nitrogens is 1. The standard InChI is InChI=1S/C16H19N3O/c1-2-19-10-4-6-15(19)16(20)18-13-7-8-14-12(11-13)5-3-9-17-14/h4,6-8,10-11,17H,2-3,5,9H2,1H3,(H,18,20). The second-order valence-electron chi connectivity index (χ2n) is 5.04. The first-order chi connectivity index (χ1) is 9.78. The Morgan fingerprint density at radius 3 is 3.15 bits per heavy atom. The molecule has 2 aromatic rings. The number of carbonyl (C=O) groups excluding carboxylic acids is 1. The quantitative estimate of drug-likeness (QED) is 0.899. The largest absolute Gasteiger partial charge is 0.385 e. The van der Waals surface area contributed by atoms with Gasteiger partial charge in [-0.05, 0) is 55.7 Å². The van der Waals surface area contributed by atoms with Crippen LogP contribution < -0.4 is 10.6 Å². The molecule has 20 heavy (non-hydrogen) atoms. The van der Waals surface area contributed by atoms with E-state index in [4.69, 9.17) is 0 Å². The van der Waals surface area contributed by atoms with Gasteiger partial charge in [-0.1, -0.05) is 0 Å². The van der Waals surface area contributed by atoms with E-state index in [0.29, 0.717) is 5.69 Å². The van der Waals surface area contributed by atoms with Gasteiger partial charge >= 0.3 is 0 Å². The van der Waals surface area contributed by atoms with Crippen molar-refractivity contribution in [2.75, 3.05) is 17.2 Å². The molecular formula is C16H19N3O. The van der Waals surface area contributed by atoms with Crippen LogP contribution in [-0.4, -0.2) is 17.0 Å². The highest BCUT2D eigenvalue weighted by molar-refractivity contribution is 6.03. The van der Waals surface area contributed by atoms with Gasteiger partial charge in [0.25, 0.3) is 5.91 Å². The van der Waals surface area contributed by atoms with Gasteiger partial charge in [0.05, 0.1) is 0 Å². The van der Waals surface area contributed by atoms with Crippen LogP contribution in [0.25, 0.3) is 0 Å². The van der Waals surface area contributed by atoms with Crippen LogP contribution in [0.4, 0.5) is 11.4 Å². The summed E-state index contributed by atoms with van der Waals surface area (Å²) in [4.78, 5) is 12.3. The number of fused-ring (bicyclic) bond motifs is 1. The topological polar surface area (TPSA) is 46.1 Å². The van der Waals surface area contributed by atoms with Gasteiger partial charge in [0, 0.05) is 30.7 Å². The average molecular weight is 269 g/mol. The summed E-state index contributed by atoms with van der Waals surface area (Å²) in [7, 11) is 0. The molecule has 1 amide bonds. The molecule has 1 aliphatic heterocycles. The Labute approximate surface area is 118 Å². The Hall–Kier alpha value is -2.23. The summed E-state index contributed by atoms with van der Waals surface area (Å²) in [6.07, 6.45) is 4.13. The molecule has 2 N–H and O–H groups in total. The average Bonchev–Trinajstić information content (AvgIpc) is 2.95. The second kappa shape index (κ2) is 5.41. The molecule has 0 atom stereocenters. The fourth-order valence-electron chi connectivity index (χ4n) is 2.64. The maximum Gasteiger partial charge on any atom is 0.272 e. The summed E-state index contributed by atoms with van der Waals surface area (Å²) in [6, 6.07) is 9.81. The first-order valence-electron chi connectivity index (χ1n) is 7.11. The van der Waals surface area contributed by atoms with E-state index in [1.807, 2.05) is 42.0 Å². The van der Waals surface area contributed by atoms with Crippen molar-refractivity contribution in [2.24, 2.45) is 0 Å². The predicted octanol–water partition coefficient (Wildman–Crippen LogP) is 3.12. The number of nitrogens with zero attached hydrogens (tertiary/aromatic N) is 1. The van der Waals surface area contributed by atoms with Crippen molar-refractivity contribution in [3.63, 3.8) is 0 Å². The van der Waals surface area contributed by atoms with E-state index < -0.39 is 0 Å². The number of hydrogen-bond acceptors (Lipinski definition) is 2. The summed E-state index contributed by atoms with van der Waals surface area (Å²) < 4.78 is 1.94. The van der Waals surface area contributed by atoms with Crippen LogP contribution in [0, 0.1) is 0 Å². The number of rotatable bonds is 3. The van der Waals surface area contributed by atoms with Crippen molar-refractivity contribution >= 4 is 17.3 Å².